The Kier molecular flexibility index (Phi) is 4.65. The van der Waals surface area contributed by atoms with Crippen molar-refractivity contribution in [3.05, 3.63) is 40.8 Å². The average molecular weight is 315 g/mol. The van der Waals surface area contributed by atoms with Gasteiger partial charge in [0.1, 0.15) is 11.3 Å². The van der Waals surface area contributed by atoms with Gasteiger partial charge in [-0.2, -0.15) is 0 Å². The molecule has 1 aromatic carbocycles. The van der Waals surface area contributed by atoms with Gasteiger partial charge < -0.3 is 14.1 Å². The predicted molar refractivity (Wildman–Crippen MR) is 87.6 cm³/mol. The Bertz CT molecular complexity index is 746. The van der Waals surface area contributed by atoms with Gasteiger partial charge in [-0.15, -0.1) is 0 Å². The normalized spacial score (nSPS) is 15.5. The highest BCUT2D eigenvalue weighted by Gasteiger charge is 2.22. The number of benzene rings is 1. The molecule has 0 bridgehead atoms. The van der Waals surface area contributed by atoms with Gasteiger partial charge >= 0.3 is 5.63 Å². The minimum atomic E-state index is -0.400. The van der Waals surface area contributed by atoms with Gasteiger partial charge in [0.2, 0.25) is 0 Å². The van der Waals surface area contributed by atoms with Crippen LogP contribution in [0.15, 0.2) is 39.5 Å². The van der Waals surface area contributed by atoms with E-state index in [-0.39, 0.29) is 12.5 Å². The molecule has 1 heterocycles. The molecule has 1 aliphatic rings. The van der Waals surface area contributed by atoms with Crippen molar-refractivity contribution in [2.75, 3.05) is 13.7 Å². The molecule has 0 N–H and O–H groups in total. The van der Waals surface area contributed by atoms with Crippen LogP contribution in [0.25, 0.3) is 11.0 Å². The molecule has 1 saturated carbocycles. The lowest BCUT2D eigenvalue weighted by molar-refractivity contribution is -0.134. The molecule has 5 heteroatoms. The van der Waals surface area contributed by atoms with E-state index in [1.54, 1.807) is 23.1 Å². The lowest BCUT2D eigenvalue weighted by Crippen LogP contribution is -2.40. The monoisotopic (exact) mass is 315 g/mol. The molecule has 0 saturated heterocycles. The predicted octanol–water partition coefficient (Wildman–Crippen LogP) is 2.96. The molecule has 1 aliphatic carbocycles. The topological polar surface area (TPSA) is 59.8 Å². The summed E-state index contributed by atoms with van der Waals surface area (Å²) in [6, 6.07) is 8.64. The van der Waals surface area contributed by atoms with Crippen molar-refractivity contribution in [1.29, 1.82) is 0 Å². The summed E-state index contributed by atoms with van der Waals surface area (Å²) in [6.07, 6.45) is 5.78. The van der Waals surface area contributed by atoms with Gasteiger partial charge in [0, 0.05) is 30.6 Å². The molecule has 1 fully saturated rings. The van der Waals surface area contributed by atoms with Gasteiger partial charge in [0.05, 0.1) is 0 Å². The maximum absolute atomic E-state index is 12.3. The number of fused-ring (bicyclic) bond motifs is 1. The summed E-state index contributed by atoms with van der Waals surface area (Å²) >= 11 is 0. The van der Waals surface area contributed by atoms with Crippen LogP contribution in [0, 0.1) is 0 Å². The Morgan fingerprint density at radius 3 is 2.74 bits per heavy atom. The molecule has 2 aromatic rings. The molecule has 0 spiro atoms. The zero-order valence-electron chi connectivity index (χ0n) is 13.3. The van der Waals surface area contributed by atoms with E-state index in [0.717, 1.165) is 18.2 Å². The Morgan fingerprint density at radius 2 is 1.96 bits per heavy atom. The first-order valence-electron chi connectivity index (χ1n) is 8.06. The summed E-state index contributed by atoms with van der Waals surface area (Å²) in [6.45, 7) is -0.00439. The van der Waals surface area contributed by atoms with Crippen LogP contribution in [0.3, 0.4) is 0 Å². The molecule has 122 valence electrons. The lowest BCUT2D eigenvalue weighted by atomic mass is 9.94. The standard InChI is InChI=1S/C18H21NO4/c1-19(14-5-3-2-4-6-14)17(20)12-22-15-9-7-13-8-10-18(21)23-16(13)11-15/h7-11,14H,2-6,12H2,1H3. The van der Waals surface area contributed by atoms with Crippen LogP contribution in [0.2, 0.25) is 0 Å². The van der Waals surface area contributed by atoms with Gasteiger partial charge in [-0.05, 0) is 31.0 Å². The van der Waals surface area contributed by atoms with E-state index in [0.29, 0.717) is 17.4 Å². The van der Waals surface area contributed by atoms with Crippen molar-refractivity contribution in [3.63, 3.8) is 0 Å². The number of nitrogens with zero attached hydrogens (tertiary/aromatic N) is 1. The van der Waals surface area contributed by atoms with Crippen molar-refractivity contribution >= 4 is 16.9 Å². The summed E-state index contributed by atoms with van der Waals surface area (Å²) < 4.78 is 10.7. The third-order valence-electron chi connectivity index (χ3n) is 4.47. The molecule has 1 aromatic heterocycles. The minimum Gasteiger partial charge on any atom is -0.484 e. The number of hydrogen-bond donors (Lipinski definition) is 0. The van der Waals surface area contributed by atoms with Crippen LogP contribution in [-0.4, -0.2) is 30.5 Å². The quantitative estimate of drug-likeness (QED) is 0.814. The lowest BCUT2D eigenvalue weighted by Gasteiger charge is -2.31. The summed E-state index contributed by atoms with van der Waals surface area (Å²) in [4.78, 5) is 25.3. The molecule has 0 atom stereocenters. The van der Waals surface area contributed by atoms with Gasteiger partial charge in [-0.1, -0.05) is 19.3 Å². The first-order chi connectivity index (χ1) is 11.1. The van der Waals surface area contributed by atoms with E-state index >= 15 is 0 Å². The molecular weight excluding hydrogens is 294 g/mol. The van der Waals surface area contributed by atoms with Crippen molar-refractivity contribution in [2.45, 2.75) is 38.1 Å². The van der Waals surface area contributed by atoms with Crippen molar-refractivity contribution in [1.82, 2.24) is 4.90 Å². The second-order valence-electron chi connectivity index (χ2n) is 6.04. The van der Waals surface area contributed by atoms with Crippen LogP contribution in [-0.2, 0) is 4.79 Å². The summed E-state index contributed by atoms with van der Waals surface area (Å²) in [5.41, 5.74) is 0.0610. The fourth-order valence-corrected chi connectivity index (χ4v) is 3.05. The fourth-order valence-electron chi connectivity index (χ4n) is 3.05. The van der Waals surface area contributed by atoms with Crippen molar-refractivity contribution < 1.29 is 13.9 Å². The fraction of sp³-hybridized carbons (Fsp3) is 0.444. The number of hydrogen-bond acceptors (Lipinski definition) is 4. The highest BCUT2D eigenvalue weighted by Crippen LogP contribution is 2.22. The Morgan fingerprint density at radius 1 is 1.22 bits per heavy atom. The minimum absolute atomic E-state index is 0.00439. The second-order valence-corrected chi connectivity index (χ2v) is 6.04. The summed E-state index contributed by atoms with van der Waals surface area (Å²) in [7, 11) is 1.85. The maximum atomic E-state index is 12.3. The molecule has 5 nitrogen and oxygen atoms in total. The first-order valence-corrected chi connectivity index (χ1v) is 8.06. The first kappa shape index (κ1) is 15.6. The summed E-state index contributed by atoms with van der Waals surface area (Å²) in [5, 5.41) is 0.822. The number of amides is 1. The zero-order chi connectivity index (χ0) is 16.2. The van der Waals surface area contributed by atoms with Crippen LogP contribution in [0.4, 0.5) is 0 Å². The Balaban J connectivity index is 1.63. The van der Waals surface area contributed by atoms with Gasteiger partial charge in [0.25, 0.3) is 5.91 Å². The van der Waals surface area contributed by atoms with Crippen molar-refractivity contribution in [2.24, 2.45) is 0 Å². The van der Waals surface area contributed by atoms with E-state index in [1.807, 2.05) is 13.1 Å². The number of ether oxygens (including phenoxy) is 1. The summed E-state index contributed by atoms with van der Waals surface area (Å²) in [5.74, 6) is 0.503. The highest BCUT2D eigenvalue weighted by atomic mass is 16.5. The molecule has 3 rings (SSSR count). The van der Waals surface area contributed by atoms with E-state index in [4.69, 9.17) is 9.15 Å². The average Bonchev–Trinajstić information content (AvgIpc) is 2.59. The molecule has 23 heavy (non-hydrogen) atoms. The van der Waals surface area contributed by atoms with Crippen LogP contribution >= 0.6 is 0 Å². The number of likely N-dealkylation sites (N-methyl/N-ethyl adjacent to an activating group) is 1. The van der Waals surface area contributed by atoms with E-state index in [9.17, 15) is 9.59 Å². The van der Waals surface area contributed by atoms with Crippen molar-refractivity contribution in [3.8, 4) is 5.75 Å². The molecule has 1 amide bonds. The molecule has 0 radical (unpaired) electrons. The largest absolute Gasteiger partial charge is 0.484 e. The maximum Gasteiger partial charge on any atom is 0.336 e. The Labute approximate surface area is 134 Å². The van der Waals surface area contributed by atoms with E-state index in [2.05, 4.69) is 0 Å². The van der Waals surface area contributed by atoms with Gasteiger partial charge in [-0.25, -0.2) is 4.79 Å². The van der Waals surface area contributed by atoms with Crippen LogP contribution in [0.5, 0.6) is 5.75 Å². The van der Waals surface area contributed by atoms with E-state index in [1.165, 1.54) is 25.3 Å². The second kappa shape index (κ2) is 6.86. The van der Waals surface area contributed by atoms with Crippen LogP contribution < -0.4 is 10.4 Å². The number of carbonyl (C=O) groups is 1. The number of rotatable bonds is 4. The Hall–Kier alpha value is -2.30. The number of carbonyl (C=O) groups excluding carboxylic acids is 1. The molecular formula is C18H21NO4. The third kappa shape index (κ3) is 3.73. The SMILES string of the molecule is CN(C(=O)COc1ccc2ccc(=O)oc2c1)C1CCCCC1. The van der Waals surface area contributed by atoms with E-state index < -0.39 is 5.63 Å². The van der Waals surface area contributed by atoms with Gasteiger partial charge in [-0.3, -0.25) is 4.79 Å². The smallest absolute Gasteiger partial charge is 0.336 e. The third-order valence-corrected chi connectivity index (χ3v) is 4.47. The highest BCUT2D eigenvalue weighted by molar-refractivity contribution is 5.79. The zero-order valence-corrected chi connectivity index (χ0v) is 13.3. The van der Waals surface area contributed by atoms with Crippen LogP contribution in [0.1, 0.15) is 32.1 Å². The van der Waals surface area contributed by atoms with Gasteiger partial charge in [0.15, 0.2) is 6.61 Å². The molecule has 0 aliphatic heterocycles. The molecule has 0 unspecified atom stereocenters.